The van der Waals surface area contributed by atoms with Crippen LogP contribution in [0.4, 0.5) is 5.69 Å². The number of primary amides is 1. The Morgan fingerprint density at radius 1 is 1.25 bits per heavy atom. The van der Waals surface area contributed by atoms with Crippen molar-refractivity contribution < 1.29 is 9.59 Å². The summed E-state index contributed by atoms with van der Waals surface area (Å²) < 4.78 is 0. The van der Waals surface area contributed by atoms with Crippen LogP contribution in [0.5, 0.6) is 0 Å². The normalized spacial score (nSPS) is 14.0. The van der Waals surface area contributed by atoms with E-state index < -0.39 is 0 Å². The molecule has 0 saturated heterocycles. The van der Waals surface area contributed by atoms with E-state index in [4.69, 9.17) is 17.3 Å². The SMILES string of the molecule is NC(=O)CN1CCc2ccc(NC(=O)c3ccc(Cl)cn3)cc2C1. The number of pyridine rings is 1. The van der Waals surface area contributed by atoms with Crippen molar-refractivity contribution in [2.45, 2.75) is 13.0 Å². The largest absolute Gasteiger partial charge is 0.369 e. The number of hydrogen-bond acceptors (Lipinski definition) is 4. The van der Waals surface area contributed by atoms with Gasteiger partial charge in [0.15, 0.2) is 0 Å². The van der Waals surface area contributed by atoms with Crippen molar-refractivity contribution in [2.24, 2.45) is 5.73 Å². The highest BCUT2D eigenvalue weighted by atomic mass is 35.5. The van der Waals surface area contributed by atoms with Crippen LogP contribution in [0.25, 0.3) is 0 Å². The van der Waals surface area contributed by atoms with Gasteiger partial charge in [-0.3, -0.25) is 14.5 Å². The number of aromatic nitrogens is 1. The summed E-state index contributed by atoms with van der Waals surface area (Å²) in [5, 5.41) is 3.31. The number of fused-ring (bicyclic) bond motifs is 1. The minimum absolute atomic E-state index is 0.241. The first kappa shape index (κ1) is 16.4. The van der Waals surface area contributed by atoms with E-state index in [2.05, 4.69) is 10.3 Å². The number of benzene rings is 1. The zero-order valence-corrected chi connectivity index (χ0v) is 13.7. The van der Waals surface area contributed by atoms with E-state index in [1.807, 2.05) is 23.1 Å². The molecule has 0 fully saturated rings. The number of rotatable bonds is 4. The van der Waals surface area contributed by atoms with Gasteiger partial charge in [0, 0.05) is 25.0 Å². The van der Waals surface area contributed by atoms with Crippen molar-refractivity contribution in [1.29, 1.82) is 0 Å². The summed E-state index contributed by atoms with van der Waals surface area (Å²) in [7, 11) is 0. The van der Waals surface area contributed by atoms with Crippen LogP contribution in [0.3, 0.4) is 0 Å². The van der Waals surface area contributed by atoms with Gasteiger partial charge in [-0.05, 0) is 41.8 Å². The molecule has 2 amide bonds. The number of nitrogens with zero attached hydrogens (tertiary/aromatic N) is 2. The number of carbonyl (C=O) groups is 2. The molecule has 0 saturated carbocycles. The standard InChI is InChI=1S/C17H17ClN4O2/c18-13-2-4-15(20-8-13)17(24)21-14-3-1-11-5-6-22(10-16(19)23)9-12(11)7-14/h1-4,7-8H,5-6,9-10H2,(H2,19,23)(H,21,24). The van der Waals surface area contributed by atoms with E-state index in [9.17, 15) is 9.59 Å². The van der Waals surface area contributed by atoms with Crippen LogP contribution in [0, 0.1) is 0 Å². The molecule has 0 radical (unpaired) electrons. The van der Waals surface area contributed by atoms with Crippen molar-refractivity contribution in [1.82, 2.24) is 9.88 Å². The van der Waals surface area contributed by atoms with Crippen molar-refractivity contribution in [3.8, 4) is 0 Å². The van der Waals surface area contributed by atoms with Crippen molar-refractivity contribution in [2.75, 3.05) is 18.4 Å². The lowest BCUT2D eigenvalue weighted by atomic mass is 9.99. The van der Waals surface area contributed by atoms with Crippen LogP contribution in [-0.4, -0.2) is 34.8 Å². The number of hydrogen-bond donors (Lipinski definition) is 2. The molecule has 24 heavy (non-hydrogen) atoms. The second-order valence-electron chi connectivity index (χ2n) is 5.73. The van der Waals surface area contributed by atoms with Gasteiger partial charge in [-0.1, -0.05) is 17.7 Å². The van der Waals surface area contributed by atoms with Gasteiger partial charge >= 0.3 is 0 Å². The van der Waals surface area contributed by atoms with E-state index in [0.717, 1.165) is 18.5 Å². The second-order valence-corrected chi connectivity index (χ2v) is 6.16. The molecule has 1 aliphatic rings. The third-order valence-electron chi connectivity index (χ3n) is 3.89. The van der Waals surface area contributed by atoms with E-state index in [1.165, 1.54) is 11.8 Å². The van der Waals surface area contributed by atoms with Crippen molar-refractivity contribution in [3.63, 3.8) is 0 Å². The number of amides is 2. The summed E-state index contributed by atoms with van der Waals surface area (Å²) in [5.41, 5.74) is 8.56. The highest BCUT2D eigenvalue weighted by Gasteiger charge is 2.18. The fourth-order valence-corrected chi connectivity index (χ4v) is 2.87. The summed E-state index contributed by atoms with van der Waals surface area (Å²) in [4.78, 5) is 29.3. The molecule has 1 aromatic carbocycles. The van der Waals surface area contributed by atoms with Crippen LogP contribution in [-0.2, 0) is 17.8 Å². The molecular formula is C17H17ClN4O2. The van der Waals surface area contributed by atoms with Gasteiger partial charge in [0.25, 0.3) is 5.91 Å². The summed E-state index contributed by atoms with van der Waals surface area (Å²) in [6.07, 6.45) is 2.29. The first-order chi connectivity index (χ1) is 11.5. The first-order valence-corrected chi connectivity index (χ1v) is 7.94. The maximum Gasteiger partial charge on any atom is 0.274 e. The number of nitrogens with one attached hydrogen (secondary N) is 1. The van der Waals surface area contributed by atoms with Gasteiger partial charge in [0.1, 0.15) is 5.69 Å². The Bertz CT molecular complexity index is 777. The molecule has 0 bridgehead atoms. The molecule has 1 aromatic heterocycles. The molecule has 124 valence electrons. The van der Waals surface area contributed by atoms with E-state index >= 15 is 0 Å². The molecule has 6 nitrogen and oxygen atoms in total. The van der Waals surface area contributed by atoms with Crippen LogP contribution in [0.2, 0.25) is 5.02 Å². The van der Waals surface area contributed by atoms with Crippen LogP contribution in [0.15, 0.2) is 36.5 Å². The Morgan fingerprint density at radius 2 is 2.08 bits per heavy atom. The third-order valence-corrected chi connectivity index (χ3v) is 4.12. The van der Waals surface area contributed by atoms with Crippen molar-refractivity contribution >= 4 is 29.1 Å². The monoisotopic (exact) mass is 344 g/mol. The Kier molecular flexibility index (Phi) is 4.78. The average molecular weight is 345 g/mol. The Hall–Kier alpha value is -2.44. The molecule has 3 N–H and O–H groups in total. The summed E-state index contributed by atoms with van der Waals surface area (Å²) in [5.74, 6) is -0.631. The fourth-order valence-electron chi connectivity index (χ4n) is 2.75. The van der Waals surface area contributed by atoms with Gasteiger partial charge in [-0.2, -0.15) is 0 Å². The highest BCUT2D eigenvalue weighted by Crippen LogP contribution is 2.23. The zero-order valence-electron chi connectivity index (χ0n) is 13.0. The number of nitrogens with two attached hydrogens (primary N) is 1. The minimum atomic E-state index is -0.336. The quantitative estimate of drug-likeness (QED) is 0.885. The Morgan fingerprint density at radius 3 is 2.79 bits per heavy atom. The second kappa shape index (κ2) is 6.98. The van der Waals surface area contributed by atoms with Gasteiger partial charge in [-0.15, -0.1) is 0 Å². The summed E-state index contributed by atoms with van der Waals surface area (Å²) in [6.45, 7) is 1.68. The lowest BCUT2D eigenvalue weighted by Gasteiger charge is -2.28. The predicted octanol–water partition coefficient (Wildman–Crippen LogP) is 1.83. The predicted molar refractivity (Wildman–Crippen MR) is 91.8 cm³/mol. The van der Waals surface area contributed by atoms with Gasteiger partial charge < -0.3 is 11.1 Å². The fraction of sp³-hybridized carbons (Fsp3) is 0.235. The molecular weight excluding hydrogens is 328 g/mol. The van der Waals surface area contributed by atoms with Crippen LogP contribution >= 0.6 is 11.6 Å². The summed E-state index contributed by atoms with van der Waals surface area (Å²) >= 11 is 5.77. The summed E-state index contributed by atoms with van der Waals surface area (Å²) in [6, 6.07) is 9.00. The lowest BCUT2D eigenvalue weighted by molar-refractivity contribution is -0.119. The van der Waals surface area contributed by atoms with Crippen LogP contribution in [0.1, 0.15) is 21.6 Å². The molecule has 0 spiro atoms. The minimum Gasteiger partial charge on any atom is -0.369 e. The zero-order chi connectivity index (χ0) is 17.1. The molecule has 0 unspecified atom stereocenters. The molecule has 3 rings (SSSR count). The van der Waals surface area contributed by atoms with E-state index in [0.29, 0.717) is 22.9 Å². The van der Waals surface area contributed by atoms with E-state index in [-0.39, 0.29) is 18.4 Å². The topological polar surface area (TPSA) is 88.3 Å². The van der Waals surface area contributed by atoms with E-state index in [1.54, 1.807) is 12.1 Å². The average Bonchev–Trinajstić information content (AvgIpc) is 2.54. The van der Waals surface area contributed by atoms with Crippen LogP contribution < -0.4 is 11.1 Å². The maximum atomic E-state index is 12.2. The number of anilines is 1. The molecule has 0 aliphatic carbocycles. The molecule has 2 heterocycles. The maximum absolute atomic E-state index is 12.2. The van der Waals surface area contributed by atoms with Crippen molar-refractivity contribution in [3.05, 3.63) is 58.4 Å². The van der Waals surface area contributed by atoms with Gasteiger partial charge in [-0.25, -0.2) is 4.98 Å². The smallest absolute Gasteiger partial charge is 0.274 e. The molecule has 0 atom stereocenters. The van der Waals surface area contributed by atoms with Gasteiger partial charge in [0.2, 0.25) is 5.91 Å². The Labute approximate surface area is 144 Å². The molecule has 7 heteroatoms. The highest BCUT2D eigenvalue weighted by molar-refractivity contribution is 6.30. The Balaban J connectivity index is 1.72. The first-order valence-electron chi connectivity index (χ1n) is 7.56. The number of carbonyl (C=O) groups excluding carboxylic acids is 2. The number of halogens is 1. The molecule has 1 aliphatic heterocycles. The lowest BCUT2D eigenvalue weighted by Crippen LogP contribution is -2.37. The molecule has 2 aromatic rings. The third kappa shape index (κ3) is 3.90. The van der Waals surface area contributed by atoms with Gasteiger partial charge in [0.05, 0.1) is 11.6 Å².